The van der Waals surface area contributed by atoms with Gasteiger partial charge in [-0.1, -0.05) is 6.42 Å². The van der Waals surface area contributed by atoms with Crippen molar-refractivity contribution in [3.63, 3.8) is 0 Å². The zero-order chi connectivity index (χ0) is 5.82. The summed E-state index contributed by atoms with van der Waals surface area (Å²) in [7, 11) is 0. The molecule has 1 atom stereocenters. The van der Waals surface area contributed by atoms with E-state index in [4.69, 9.17) is 0 Å². The van der Waals surface area contributed by atoms with Crippen molar-refractivity contribution in [3.8, 4) is 0 Å². The van der Waals surface area contributed by atoms with Crippen molar-refractivity contribution >= 4 is 12.6 Å². The Hall–Kier alpha value is 0.310. The first-order valence-electron chi connectivity index (χ1n) is 3.28. The van der Waals surface area contributed by atoms with Crippen molar-refractivity contribution in [3.05, 3.63) is 0 Å². The van der Waals surface area contributed by atoms with E-state index >= 15 is 0 Å². The summed E-state index contributed by atoms with van der Waals surface area (Å²) in [6.07, 6.45) is 3.97. The van der Waals surface area contributed by atoms with E-state index in [1.165, 1.54) is 25.8 Å². The van der Waals surface area contributed by atoms with E-state index in [1.54, 1.807) is 0 Å². The Kier molecular flexibility index (Phi) is 2.70. The highest BCUT2D eigenvalue weighted by molar-refractivity contribution is 7.81. The van der Waals surface area contributed by atoms with Gasteiger partial charge in [-0.25, -0.2) is 0 Å². The minimum atomic E-state index is 0.609. The topological polar surface area (TPSA) is 12.0 Å². The Labute approximate surface area is 56.3 Å². The quantitative estimate of drug-likeness (QED) is 0.468. The van der Waals surface area contributed by atoms with Gasteiger partial charge in [0.2, 0.25) is 0 Å². The summed E-state index contributed by atoms with van der Waals surface area (Å²) in [6, 6.07) is 0. The molecule has 48 valence electrons. The predicted molar refractivity (Wildman–Crippen MR) is 39.5 cm³/mol. The highest BCUT2D eigenvalue weighted by Gasteiger charge is 2.04. The lowest BCUT2D eigenvalue weighted by Gasteiger charge is -2.03. The van der Waals surface area contributed by atoms with Crippen LogP contribution in [0, 0.1) is 0 Å². The SMILES string of the molecule is S[C@@H]1CCCCNC1. The molecular weight excluding hydrogens is 118 g/mol. The van der Waals surface area contributed by atoms with Crippen LogP contribution in [0.3, 0.4) is 0 Å². The van der Waals surface area contributed by atoms with Crippen molar-refractivity contribution in [2.24, 2.45) is 0 Å². The van der Waals surface area contributed by atoms with Gasteiger partial charge in [0.25, 0.3) is 0 Å². The second-order valence-corrected chi connectivity index (χ2v) is 3.08. The molecule has 1 heterocycles. The number of hydrogen-bond acceptors (Lipinski definition) is 2. The molecular formula is C6H13NS. The molecule has 0 aromatic rings. The smallest absolute Gasteiger partial charge is 0.0142 e. The fourth-order valence-corrected chi connectivity index (χ4v) is 1.31. The minimum Gasteiger partial charge on any atom is -0.316 e. The van der Waals surface area contributed by atoms with E-state index < -0.39 is 0 Å². The minimum absolute atomic E-state index is 0.609. The third kappa shape index (κ3) is 2.05. The van der Waals surface area contributed by atoms with E-state index in [9.17, 15) is 0 Å². The van der Waals surface area contributed by atoms with Gasteiger partial charge in [0, 0.05) is 11.8 Å². The molecule has 0 saturated carbocycles. The third-order valence-electron chi connectivity index (χ3n) is 1.52. The van der Waals surface area contributed by atoms with Gasteiger partial charge in [0.1, 0.15) is 0 Å². The van der Waals surface area contributed by atoms with Crippen LogP contribution in [-0.2, 0) is 0 Å². The maximum Gasteiger partial charge on any atom is 0.0142 e. The molecule has 1 aliphatic rings. The van der Waals surface area contributed by atoms with Gasteiger partial charge < -0.3 is 5.32 Å². The Morgan fingerprint density at radius 3 is 3.12 bits per heavy atom. The third-order valence-corrected chi connectivity index (χ3v) is 1.96. The number of rotatable bonds is 0. The summed E-state index contributed by atoms with van der Waals surface area (Å²) in [4.78, 5) is 0. The molecule has 1 rings (SSSR count). The molecule has 0 radical (unpaired) electrons. The van der Waals surface area contributed by atoms with Crippen LogP contribution >= 0.6 is 12.6 Å². The molecule has 0 amide bonds. The van der Waals surface area contributed by atoms with Gasteiger partial charge in [0.15, 0.2) is 0 Å². The van der Waals surface area contributed by atoms with Crippen LogP contribution < -0.4 is 5.32 Å². The lowest BCUT2D eigenvalue weighted by molar-refractivity contribution is 0.707. The number of nitrogens with one attached hydrogen (secondary N) is 1. The van der Waals surface area contributed by atoms with Crippen LogP contribution in [0.5, 0.6) is 0 Å². The molecule has 1 saturated heterocycles. The summed E-state index contributed by atoms with van der Waals surface area (Å²) in [6.45, 7) is 2.29. The number of hydrogen-bond donors (Lipinski definition) is 2. The van der Waals surface area contributed by atoms with Gasteiger partial charge in [-0.05, 0) is 19.4 Å². The Morgan fingerprint density at radius 2 is 2.25 bits per heavy atom. The first-order chi connectivity index (χ1) is 3.89. The van der Waals surface area contributed by atoms with Crippen LogP contribution in [0.2, 0.25) is 0 Å². The van der Waals surface area contributed by atoms with Gasteiger partial charge in [-0.15, -0.1) is 0 Å². The molecule has 0 aromatic carbocycles. The van der Waals surface area contributed by atoms with Crippen molar-refractivity contribution in [2.45, 2.75) is 24.5 Å². The average Bonchev–Trinajstić information content (AvgIpc) is 1.94. The van der Waals surface area contributed by atoms with E-state index in [2.05, 4.69) is 17.9 Å². The van der Waals surface area contributed by atoms with Crippen LogP contribution in [0.25, 0.3) is 0 Å². The van der Waals surface area contributed by atoms with E-state index in [0.717, 1.165) is 6.54 Å². The van der Waals surface area contributed by atoms with Crippen LogP contribution in [0.15, 0.2) is 0 Å². The molecule has 8 heavy (non-hydrogen) atoms. The van der Waals surface area contributed by atoms with E-state index in [-0.39, 0.29) is 0 Å². The van der Waals surface area contributed by atoms with Crippen molar-refractivity contribution < 1.29 is 0 Å². The number of thiol groups is 1. The average molecular weight is 131 g/mol. The standard InChI is InChI=1S/C6H13NS/c8-6-3-1-2-4-7-5-6/h6-8H,1-5H2/t6-/m1/s1. The van der Waals surface area contributed by atoms with Crippen molar-refractivity contribution in [1.29, 1.82) is 0 Å². The van der Waals surface area contributed by atoms with Crippen LogP contribution in [-0.4, -0.2) is 18.3 Å². The Balaban J connectivity index is 2.17. The molecule has 1 nitrogen and oxygen atoms in total. The molecule has 0 aromatic heterocycles. The summed E-state index contributed by atoms with van der Waals surface area (Å²) in [5.74, 6) is 0. The summed E-state index contributed by atoms with van der Waals surface area (Å²) in [5.41, 5.74) is 0. The maximum atomic E-state index is 4.37. The second kappa shape index (κ2) is 3.36. The summed E-state index contributed by atoms with van der Waals surface area (Å²) < 4.78 is 0. The second-order valence-electron chi connectivity index (χ2n) is 2.35. The van der Waals surface area contributed by atoms with Gasteiger partial charge in [-0.2, -0.15) is 12.6 Å². The molecule has 0 aliphatic carbocycles. The van der Waals surface area contributed by atoms with Crippen molar-refractivity contribution in [1.82, 2.24) is 5.32 Å². The fraction of sp³-hybridized carbons (Fsp3) is 1.00. The molecule has 0 bridgehead atoms. The van der Waals surface area contributed by atoms with Crippen molar-refractivity contribution in [2.75, 3.05) is 13.1 Å². The monoisotopic (exact) mass is 131 g/mol. The van der Waals surface area contributed by atoms with Crippen LogP contribution in [0.4, 0.5) is 0 Å². The van der Waals surface area contributed by atoms with Gasteiger partial charge in [0.05, 0.1) is 0 Å². The Bertz CT molecular complexity index is 57.5. The lowest BCUT2D eigenvalue weighted by atomic mass is 10.2. The molecule has 2 heteroatoms. The zero-order valence-corrected chi connectivity index (χ0v) is 5.95. The van der Waals surface area contributed by atoms with E-state index in [1.807, 2.05) is 0 Å². The lowest BCUT2D eigenvalue weighted by Crippen LogP contribution is -2.20. The van der Waals surface area contributed by atoms with Crippen LogP contribution in [0.1, 0.15) is 19.3 Å². The van der Waals surface area contributed by atoms with E-state index in [0.29, 0.717) is 5.25 Å². The largest absolute Gasteiger partial charge is 0.316 e. The first-order valence-corrected chi connectivity index (χ1v) is 3.80. The molecule has 0 spiro atoms. The summed E-state index contributed by atoms with van der Waals surface area (Å²) in [5, 5.41) is 3.93. The molecule has 1 aliphatic heterocycles. The summed E-state index contributed by atoms with van der Waals surface area (Å²) >= 11 is 4.37. The fourth-order valence-electron chi connectivity index (χ4n) is 1.00. The Morgan fingerprint density at radius 1 is 1.38 bits per heavy atom. The molecule has 0 unspecified atom stereocenters. The zero-order valence-electron chi connectivity index (χ0n) is 5.06. The highest BCUT2D eigenvalue weighted by Crippen LogP contribution is 2.08. The first kappa shape index (κ1) is 6.43. The predicted octanol–water partition coefficient (Wildman–Crippen LogP) is 1.06. The van der Waals surface area contributed by atoms with Gasteiger partial charge in [-0.3, -0.25) is 0 Å². The van der Waals surface area contributed by atoms with Gasteiger partial charge >= 0.3 is 0 Å². The normalized spacial score (nSPS) is 31.9. The molecule has 1 fully saturated rings. The molecule has 1 N–H and O–H groups in total. The highest BCUT2D eigenvalue weighted by atomic mass is 32.1. The maximum absolute atomic E-state index is 4.37.